The molecule has 9 heteroatoms. The van der Waals surface area contributed by atoms with Crippen LogP contribution in [-0.2, 0) is 22.0 Å². The van der Waals surface area contributed by atoms with E-state index in [9.17, 15) is 13.4 Å². The summed E-state index contributed by atoms with van der Waals surface area (Å²) in [7, 11) is -1.13. The molecule has 1 unspecified atom stereocenters. The third-order valence-corrected chi connectivity index (χ3v) is 6.16. The molecule has 0 aliphatic heterocycles. The number of fused-ring (bicyclic) bond motifs is 1. The van der Waals surface area contributed by atoms with Gasteiger partial charge in [0.2, 0.25) is 5.91 Å². The molecule has 0 spiro atoms. The van der Waals surface area contributed by atoms with Gasteiger partial charge in [0, 0.05) is 40.7 Å². The van der Waals surface area contributed by atoms with Crippen LogP contribution in [0, 0.1) is 5.82 Å². The second kappa shape index (κ2) is 11.2. The summed E-state index contributed by atoms with van der Waals surface area (Å²) in [6.07, 6.45) is 4.12. The number of aliphatic imine (C=N–C) groups is 1. The molecular weight excluding hydrogens is 467 g/mol. The van der Waals surface area contributed by atoms with Gasteiger partial charge in [-0.1, -0.05) is 13.0 Å². The SMILES string of the molecule is CCS(=O)c1ccc2nccc(Oc3ccc(CC(=O)N/C(C=NC(C)(C)C)=C/N)c(F)c3)c2c1. The minimum Gasteiger partial charge on any atom is -0.456 e. The molecule has 2 aromatic carbocycles. The molecule has 0 saturated heterocycles. The molecule has 184 valence electrons. The van der Waals surface area contributed by atoms with Crippen LogP contribution in [0.1, 0.15) is 33.3 Å². The summed E-state index contributed by atoms with van der Waals surface area (Å²) in [5.41, 5.74) is 6.45. The van der Waals surface area contributed by atoms with Gasteiger partial charge in [0.05, 0.1) is 34.0 Å². The fourth-order valence-corrected chi connectivity index (χ4v) is 3.92. The molecule has 35 heavy (non-hydrogen) atoms. The van der Waals surface area contributed by atoms with Crippen LogP contribution in [-0.4, -0.2) is 32.6 Å². The number of rotatable bonds is 8. The normalized spacial score (nSPS) is 13.2. The number of halogens is 1. The molecule has 0 fully saturated rings. The Hall–Kier alpha value is -3.59. The molecule has 1 heterocycles. The molecule has 0 bridgehead atoms. The van der Waals surface area contributed by atoms with E-state index >= 15 is 0 Å². The molecule has 3 aromatic rings. The third kappa shape index (κ3) is 7.19. The highest BCUT2D eigenvalue weighted by Gasteiger charge is 2.13. The van der Waals surface area contributed by atoms with Gasteiger partial charge in [-0.05, 0) is 56.7 Å². The van der Waals surface area contributed by atoms with Gasteiger partial charge in [-0.3, -0.25) is 19.0 Å². The van der Waals surface area contributed by atoms with Crippen LogP contribution in [0.5, 0.6) is 11.5 Å². The molecule has 0 aliphatic rings. The average molecular weight is 497 g/mol. The number of carbonyl (C=O) groups is 1. The first kappa shape index (κ1) is 26.0. The topological polar surface area (TPSA) is 107 Å². The van der Waals surface area contributed by atoms with Crippen LogP contribution in [0.25, 0.3) is 10.9 Å². The van der Waals surface area contributed by atoms with Gasteiger partial charge in [-0.2, -0.15) is 0 Å². The van der Waals surface area contributed by atoms with Gasteiger partial charge < -0.3 is 15.8 Å². The van der Waals surface area contributed by atoms with Crippen LogP contribution < -0.4 is 15.8 Å². The second-order valence-corrected chi connectivity index (χ2v) is 10.5. The first-order chi connectivity index (χ1) is 16.6. The summed E-state index contributed by atoms with van der Waals surface area (Å²) in [6, 6.07) is 11.3. The Balaban J connectivity index is 1.75. The Morgan fingerprint density at radius 3 is 2.66 bits per heavy atom. The number of hydrogen-bond donors (Lipinski definition) is 2. The van der Waals surface area contributed by atoms with Crippen molar-refractivity contribution < 1.29 is 18.1 Å². The number of hydrogen-bond acceptors (Lipinski definition) is 6. The molecule has 0 radical (unpaired) electrons. The maximum absolute atomic E-state index is 14.8. The Kier molecular flexibility index (Phi) is 8.34. The molecule has 3 N–H and O–H groups in total. The first-order valence-electron chi connectivity index (χ1n) is 11.1. The minimum atomic E-state index is -1.13. The van der Waals surface area contributed by atoms with Crippen molar-refractivity contribution >= 4 is 33.8 Å². The Morgan fingerprint density at radius 1 is 1.23 bits per heavy atom. The van der Waals surface area contributed by atoms with Gasteiger partial charge in [0.1, 0.15) is 17.3 Å². The summed E-state index contributed by atoms with van der Waals surface area (Å²) < 4.78 is 32.9. The number of nitrogens with one attached hydrogen (secondary N) is 1. The number of nitrogens with zero attached hydrogens (tertiary/aromatic N) is 2. The first-order valence-corrected chi connectivity index (χ1v) is 12.4. The number of aromatic nitrogens is 1. The predicted octanol–water partition coefficient (Wildman–Crippen LogP) is 4.62. The van der Waals surface area contributed by atoms with Crippen LogP contribution in [0.3, 0.4) is 0 Å². The molecule has 0 saturated carbocycles. The number of carbonyl (C=O) groups excluding carboxylic acids is 1. The molecular formula is C26H29FN4O3S. The number of amides is 1. The standard InChI is InChI=1S/C26H29FN4O3S/c1-5-35(33)20-8-9-23-21(14-20)24(10-11-29-23)34-19-7-6-17(22(27)13-19)12-25(32)31-18(15-28)16-30-26(2,3)4/h6-11,13-16H,5,12,28H2,1-4H3,(H,31,32)/b18-15+,30-16?. The van der Waals surface area contributed by atoms with Crippen molar-refractivity contribution in [3.8, 4) is 11.5 Å². The molecule has 1 aromatic heterocycles. The lowest BCUT2D eigenvalue weighted by Crippen LogP contribution is -2.27. The highest BCUT2D eigenvalue weighted by atomic mass is 32.2. The van der Waals surface area contributed by atoms with E-state index in [0.717, 1.165) is 0 Å². The van der Waals surface area contributed by atoms with Gasteiger partial charge in [0.25, 0.3) is 0 Å². The summed E-state index contributed by atoms with van der Waals surface area (Å²) in [5.74, 6) is 0.220. The largest absolute Gasteiger partial charge is 0.456 e. The number of nitrogens with two attached hydrogens (primary N) is 1. The number of benzene rings is 2. The van der Waals surface area contributed by atoms with E-state index in [1.807, 2.05) is 27.7 Å². The lowest BCUT2D eigenvalue weighted by Gasteiger charge is -2.13. The average Bonchev–Trinajstić information content (AvgIpc) is 2.82. The molecule has 7 nitrogen and oxygen atoms in total. The highest BCUT2D eigenvalue weighted by molar-refractivity contribution is 7.85. The highest BCUT2D eigenvalue weighted by Crippen LogP contribution is 2.31. The van der Waals surface area contributed by atoms with Crippen LogP contribution in [0.15, 0.2) is 70.4 Å². The quantitative estimate of drug-likeness (QED) is 0.443. The van der Waals surface area contributed by atoms with E-state index in [1.165, 1.54) is 24.5 Å². The van der Waals surface area contributed by atoms with Crippen molar-refractivity contribution in [3.05, 3.63) is 71.9 Å². The Bertz CT molecular complexity index is 1320. The van der Waals surface area contributed by atoms with Crippen LogP contribution in [0.2, 0.25) is 0 Å². The maximum Gasteiger partial charge on any atom is 0.228 e. The number of pyridine rings is 1. The summed E-state index contributed by atoms with van der Waals surface area (Å²) in [4.78, 5) is 21.7. The summed E-state index contributed by atoms with van der Waals surface area (Å²) >= 11 is 0. The van der Waals surface area contributed by atoms with E-state index in [0.29, 0.717) is 33.0 Å². The van der Waals surface area contributed by atoms with E-state index in [4.69, 9.17) is 10.5 Å². The number of ether oxygens (including phenoxy) is 1. The Labute approximate surface area is 206 Å². The predicted molar refractivity (Wildman–Crippen MR) is 138 cm³/mol. The van der Waals surface area contributed by atoms with Crippen LogP contribution in [0.4, 0.5) is 4.39 Å². The van der Waals surface area contributed by atoms with Gasteiger partial charge in [-0.15, -0.1) is 0 Å². The van der Waals surface area contributed by atoms with Crippen LogP contribution >= 0.6 is 0 Å². The summed E-state index contributed by atoms with van der Waals surface area (Å²) in [6.45, 7) is 7.59. The molecule has 1 amide bonds. The second-order valence-electron chi connectivity index (χ2n) is 8.75. The molecule has 3 rings (SSSR count). The molecule has 0 aliphatic carbocycles. The van der Waals surface area contributed by atoms with Crippen molar-refractivity contribution in [1.82, 2.24) is 10.3 Å². The van der Waals surface area contributed by atoms with E-state index < -0.39 is 22.5 Å². The van der Waals surface area contributed by atoms with Crippen molar-refractivity contribution in [3.63, 3.8) is 0 Å². The van der Waals surface area contributed by atoms with Gasteiger partial charge >= 0.3 is 0 Å². The number of allylic oxidation sites excluding steroid dienone is 1. The smallest absolute Gasteiger partial charge is 0.228 e. The minimum absolute atomic E-state index is 0.183. The fraction of sp³-hybridized carbons (Fsp3) is 0.269. The zero-order chi connectivity index (χ0) is 25.6. The Morgan fingerprint density at radius 2 is 2.00 bits per heavy atom. The lowest BCUT2D eigenvalue weighted by atomic mass is 10.1. The maximum atomic E-state index is 14.8. The monoisotopic (exact) mass is 496 g/mol. The van der Waals surface area contributed by atoms with E-state index in [2.05, 4.69) is 15.3 Å². The summed E-state index contributed by atoms with van der Waals surface area (Å²) in [5, 5.41) is 3.30. The fourth-order valence-electron chi connectivity index (χ4n) is 3.12. The third-order valence-electron chi connectivity index (χ3n) is 4.86. The van der Waals surface area contributed by atoms with Gasteiger partial charge in [0.15, 0.2) is 0 Å². The van der Waals surface area contributed by atoms with Crippen molar-refractivity contribution in [1.29, 1.82) is 0 Å². The van der Waals surface area contributed by atoms with Crippen molar-refractivity contribution in [2.45, 2.75) is 44.6 Å². The zero-order valence-corrected chi connectivity index (χ0v) is 21.0. The van der Waals surface area contributed by atoms with Crippen molar-refractivity contribution in [2.24, 2.45) is 10.7 Å². The van der Waals surface area contributed by atoms with E-state index in [1.54, 1.807) is 36.5 Å². The van der Waals surface area contributed by atoms with Gasteiger partial charge in [-0.25, -0.2) is 4.39 Å². The zero-order valence-electron chi connectivity index (χ0n) is 20.2. The van der Waals surface area contributed by atoms with E-state index in [-0.39, 0.29) is 23.3 Å². The molecule has 1 atom stereocenters. The van der Waals surface area contributed by atoms with Crippen molar-refractivity contribution in [2.75, 3.05) is 5.75 Å². The lowest BCUT2D eigenvalue weighted by molar-refractivity contribution is -0.119.